The first-order valence-corrected chi connectivity index (χ1v) is 6.97. The number of aromatic amines is 1. The number of benzene rings is 1. The largest absolute Gasteiger partial charge is 0.348 e. The number of nitrogens with zero attached hydrogens (tertiary/aromatic N) is 2. The van der Waals surface area contributed by atoms with Crippen molar-refractivity contribution in [3.8, 4) is 0 Å². The van der Waals surface area contributed by atoms with Crippen molar-refractivity contribution in [1.82, 2.24) is 15.0 Å². The number of imidazole rings is 1. The Balaban J connectivity index is 1.68. The molecule has 0 fully saturated rings. The Hall–Kier alpha value is -2.25. The molecule has 6 nitrogen and oxygen atoms in total. The molecule has 2 aromatic heterocycles. The molecule has 102 valence electrons. The molecule has 0 saturated carbocycles. The van der Waals surface area contributed by atoms with Crippen molar-refractivity contribution >= 4 is 33.1 Å². The fourth-order valence-electron chi connectivity index (χ4n) is 1.90. The number of anilines is 1. The maximum Gasteiger partial charge on any atom is 0.241 e. The van der Waals surface area contributed by atoms with Crippen LogP contribution in [0.25, 0.3) is 10.2 Å². The minimum Gasteiger partial charge on any atom is -0.348 e. The highest BCUT2D eigenvalue weighted by atomic mass is 32.1. The van der Waals surface area contributed by atoms with Crippen LogP contribution in [0, 0.1) is 0 Å². The van der Waals surface area contributed by atoms with Crippen molar-refractivity contribution < 1.29 is 4.79 Å². The van der Waals surface area contributed by atoms with Crippen LogP contribution in [0.2, 0.25) is 0 Å². The molecule has 0 radical (unpaired) electrons. The predicted octanol–water partition coefficient (Wildman–Crippen LogP) is 1.53. The molecule has 0 unspecified atom stereocenters. The molecular weight excluding hydrogens is 274 g/mol. The van der Waals surface area contributed by atoms with E-state index in [9.17, 15) is 4.79 Å². The van der Waals surface area contributed by atoms with Crippen LogP contribution in [0.3, 0.4) is 0 Å². The van der Waals surface area contributed by atoms with Gasteiger partial charge >= 0.3 is 0 Å². The molecular formula is C13H13N5OS. The van der Waals surface area contributed by atoms with Crippen LogP contribution in [-0.4, -0.2) is 26.9 Å². The maximum absolute atomic E-state index is 12.0. The van der Waals surface area contributed by atoms with Gasteiger partial charge in [0, 0.05) is 24.0 Å². The first-order valence-electron chi connectivity index (χ1n) is 6.09. The van der Waals surface area contributed by atoms with Crippen molar-refractivity contribution in [2.24, 2.45) is 5.73 Å². The highest BCUT2D eigenvalue weighted by molar-refractivity contribution is 7.16. The molecule has 1 aromatic carbocycles. The molecule has 0 saturated heterocycles. The fraction of sp³-hybridized carbons (Fsp3) is 0.154. The molecule has 20 heavy (non-hydrogen) atoms. The first kappa shape index (κ1) is 12.8. The van der Waals surface area contributed by atoms with E-state index in [0.717, 1.165) is 15.9 Å². The van der Waals surface area contributed by atoms with E-state index >= 15 is 0 Å². The van der Waals surface area contributed by atoms with Gasteiger partial charge in [0.05, 0.1) is 28.1 Å². The van der Waals surface area contributed by atoms with Gasteiger partial charge in [0.2, 0.25) is 5.91 Å². The van der Waals surface area contributed by atoms with Gasteiger partial charge in [-0.3, -0.25) is 4.79 Å². The lowest BCUT2D eigenvalue weighted by Crippen LogP contribution is -2.37. The summed E-state index contributed by atoms with van der Waals surface area (Å²) in [5.41, 5.74) is 10.1. The summed E-state index contributed by atoms with van der Waals surface area (Å²) >= 11 is 1.56. The van der Waals surface area contributed by atoms with Crippen molar-refractivity contribution in [2.45, 2.75) is 12.5 Å². The summed E-state index contributed by atoms with van der Waals surface area (Å²) in [6.07, 6.45) is 3.65. The van der Waals surface area contributed by atoms with Crippen LogP contribution in [0.1, 0.15) is 5.69 Å². The second-order valence-corrected chi connectivity index (χ2v) is 5.30. The highest BCUT2D eigenvalue weighted by Crippen LogP contribution is 2.21. The Kier molecular flexibility index (Phi) is 3.44. The lowest BCUT2D eigenvalue weighted by Gasteiger charge is -2.11. The number of aromatic nitrogens is 3. The predicted molar refractivity (Wildman–Crippen MR) is 78.5 cm³/mol. The number of rotatable bonds is 4. The van der Waals surface area contributed by atoms with E-state index in [-0.39, 0.29) is 5.91 Å². The molecule has 7 heteroatoms. The van der Waals surface area contributed by atoms with Crippen LogP contribution in [0.15, 0.2) is 36.2 Å². The number of carbonyl (C=O) groups is 1. The third kappa shape index (κ3) is 2.68. The van der Waals surface area contributed by atoms with E-state index in [1.165, 1.54) is 0 Å². The normalized spacial score (nSPS) is 12.4. The number of carbonyl (C=O) groups excluding carboxylic acids is 1. The lowest BCUT2D eigenvalue weighted by atomic mass is 10.1. The summed E-state index contributed by atoms with van der Waals surface area (Å²) < 4.78 is 1.09. The molecule has 3 aromatic rings. The first-order chi connectivity index (χ1) is 9.72. The molecule has 3 rings (SSSR count). The summed E-state index contributed by atoms with van der Waals surface area (Å²) in [7, 11) is 0. The topological polar surface area (TPSA) is 96.7 Å². The van der Waals surface area contributed by atoms with Crippen LogP contribution in [0.5, 0.6) is 0 Å². The molecule has 1 amide bonds. The smallest absolute Gasteiger partial charge is 0.241 e. The summed E-state index contributed by atoms with van der Waals surface area (Å²) in [4.78, 5) is 23.1. The second kappa shape index (κ2) is 5.40. The number of hydrogen-bond acceptors (Lipinski definition) is 5. The van der Waals surface area contributed by atoms with E-state index in [1.54, 1.807) is 29.4 Å². The standard InChI is InChI=1S/C13H13N5OS/c14-10(3-9-5-15-6-16-9)13(19)18-8-1-2-12-11(4-8)17-7-20-12/h1-2,4-7,10H,3,14H2,(H,15,16)(H,18,19)/t10-/m0/s1. The van der Waals surface area contributed by atoms with Gasteiger partial charge in [-0.2, -0.15) is 0 Å². The van der Waals surface area contributed by atoms with Gasteiger partial charge in [0.1, 0.15) is 0 Å². The average Bonchev–Trinajstić information content (AvgIpc) is 3.08. The second-order valence-electron chi connectivity index (χ2n) is 4.41. The Morgan fingerprint density at radius 1 is 1.50 bits per heavy atom. The van der Waals surface area contributed by atoms with Crippen molar-refractivity contribution in [1.29, 1.82) is 0 Å². The SMILES string of the molecule is N[C@@H](Cc1cnc[nH]1)C(=O)Nc1ccc2scnc2c1. The number of fused-ring (bicyclic) bond motifs is 1. The van der Waals surface area contributed by atoms with Gasteiger partial charge in [-0.25, -0.2) is 9.97 Å². The number of nitrogens with two attached hydrogens (primary N) is 1. The van der Waals surface area contributed by atoms with Crippen molar-refractivity contribution in [3.05, 3.63) is 41.9 Å². The Labute approximate surface area is 119 Å². The molecule has 2 heterocycles. The van der Waals surface area contributed by atoms with Crippen LogP contribution in [-0.2, 0) is 11.2 Å². The molecule has 0 bridgehead atoms. The number of amides is 1. The van der Waals surface area contributed by atoms with Gasteiger partial charge in [-0.05, 0) is 18.2 Å². The summed E-state index contributed by atoms with van der Waals surface area (Å²) in [6, 6.07) is 5.00. The van der Waals surface area contributed by atoms with Crippen LogP contribution >= 0.6 is 11.3 Å². The summed E-state index contributed by atoms with van der Waals surface area (Å²) in [5.74, 6) is -0.228. The number of thiazole rings is 1. The van der Waals surface area contributed by atoms with Gasteiger partial charge in [0.25, 0.3) is 0 Å². The van der Waals surface area contributed by atoms with E-state index < -0.39 is 6.04 Å². The Bertz CT molecular complexity index is 721. The zero-order valence-electron chi connectivity index (χ0n) is 10.5. The molecule has 4 N–H and O–H groups in total. The molecule has 0 aliphatic carbocycles. The quantitative estimate of drug-likeness (QED) is 0.678. The highest BCUT2D eigenvalue weighted by Gasteiger charge is 2.15. The molecule has 0 aliphatic rings. The van der Waals surface area contributed by atoms with Crippen molar-refractivity contribution in [2.75, 3.05) is 5.32 Å². The summed E-state index contributed by atoms with van der Waals surface area (Å²) in [5, 5.41) is 2.80. The van der Waals surface area contributed by atoms with Crippen LogP contribution in [0.4, 0.5) is 5.69 Å². The minimum atomic E-state index is -0.624. The fourth-order valence-corrected chi connectivity index (χ4v) is 2.56. The van der Waals surface area contributed by atoms with Gasteiger partial charge < -0.3 is 16.0 Å². The number of hydrogen-bond donors (Lipinski definition) is 3. The monoisotopic (exact) mass is 287 g/mol. The van der Waals surface area contributed by atoms with E-state index in [1.807, 2.05) is 18.2 Å². The van der Waals surface area contributed by atoms with Crippen LogP contribution < -0.4 is 11.1 Å². The zero-order chi connectivity index (χ0) is 13.9. The minimum absolute atomic E-state index is 0.228. The van der Waals surface area contributed by atoms with E-state index in [2.05, 4.69) is 20.3 Å². The van der Waals surface area contributed by atoms with Gasteiger partial charge in [-0.1, -0.05) is 0 Å². The Morgan fingerprint density at radius 2 is 2.40 bits per heavy atom. The number of H-pyrrole nitrogens is 1. The van der Waals surface area contributed by atoms with E-state index in [0.29, 0.717) is 12.1 Å². The number of nitrogens with one attached hydrogen (secondary N) is 2. The third-order valence-corrected chi connectivity index (χ3v) is 3.74. The molecule has 0 spiro atoms. The van der Waals surface area contributed by atoms with E-state index in [4.69, 9.17) is 5.73 Å². The molecule has 1 atom stereocenters. The molecule has 0 aliphatic heterocycles. The summed E-state index contributed by atoms with van der Waals surface area (Å²) in [6.45, 7) is 0. The zero-order valence-corrected chi connectivity index (χ0v) is 11.4. The maximum atomic E-state index is 12.0. The third-order valence-electron chi connectivity index (χ3n) is 2.93. The van der Waals surface area contributed by atoms with Gasteiger partial charge in [-0.15, -0.1) is 11.3 Å². The van der Waals surface area contributed by atoms with Gasteiger partial charge in [0.15, 0.2) is 0 Å². The lowest BCUT2D eigenvalue weighted by molar-refractivity contribution is -0.117. The van der Waals surface area contributed by atoms with Crippen molar-refractivity contribution in [3.63, 3.8) is 0 Å². The Morgan fingerprint density at radius 3 is 3.20 bits per heavy atom. The average molecular weight is 287 g/mol.